The van der Waals surface area contributed by atoms with Gasteiger partial charge in [-0.2, -0.15) is 0 Å². The van der Waals surface area contributed by atoms with Crippen LogP contribution in [0.2, 0.25) is 0 Å². The number of hydrogen-bond acceptors (Lipinski definition) is 6. The van der Waals surface area contributed by atoms with Crippen molar-refractivity contribution in [3.8, 4) is 11.5 Å². The van der Waals surface area contributed by atoms with Crippen molar-refractivity contribution >= 4 is 27.6 Å². The smallest absolute Gasteiger partial charge is 0.171 e. The minimum Gasteiger partial charge on any atom is -0.486 e. The molecule has 2 aliphatic rings. The maximum absolute atomic E-state index is 13.7. The van der Waals surface area contributed by atoms with E-state index in [1.807, 2.05) is 25.1 Å². The SMILES string of the molecule is Cc1ccc2c3c(ccc2n1)OCC(CN1CCN(c2coc4ccc(F)cc24)CC1)O3. The number of halogens is 1. The van der Waals surface area contributed by atoms with Gasteiger partial charge in [0.05, 0.1) is 11.2 Å². The number of piperazine rings is 1. The minimum atomic E-state index is -0.244. The molecule has 1 atom stereocenters. The zero-order valence-electron chi connectivity index (χ0n) is 17.9. The van der Waals surface area contributed by atoms with E-state index < -0.39 is 0 Å². The van der Waals surface area contributed by atoms with Crippen LogP contribution < -0.4 is 14.4 Å². The van der Waals surface area contributed by atoms with Crippen molar-refractivity contribution in [2.45, 2.75) is 13.0 Å². The normalized spacial score (nSPS) is 19.1. The summed E-state index contributed by atoms with van der Waals surface area (Å²) in [5, 5.41) is 1.82. The van der Waals surface area contributed by atoms with E-state index in [4.69, 9.17) is 13.9 Å². The number of benzene rings is 2. The fourth-order valence-corrected chi connectivity index (χ4v) is 4.66. The van der Waals surface area contributed by atoms with Crippen LogP contribution >= 0.6 is 0 Å². The molecule has 1 fully saturated rings. The first-order chi connectivity index (χ1) is 15.6. The molecule has 0 spiro atoms. The van der Waals surface area contributed by atoms with Crippen LogP contribution in [0.5, 0.6) is 11.5 Å². The topological polar surface area (TPSA) is 51.0 Å². The highest BCUT2D eigenvalue weighted by Crippen LogP contribution is 2.38. The Balaban J connectivity index is 1.13. The van der Waals surface area contributed by atoms with Crippen molar-refractivity contribution in [1.82, 2.24) is 9.88 Å². The molecule has 0 amide bonds. The molecule has 0 radical (unpaired) electrons. The molecule has 6 rings (SSSR count). The summed E-state index contributed by atoms with van der Waals surface area (Å²) in [5.41, 5.74) is 3.58. The second kappa shape index (κ2) is 7.67. The van der Waals surface area contributed by atoms with Gasteiger partial charge in [0.25, 0.3) is 0 Å². The number of rotatable bonds is 3. The number of pyridine rings is 1. The molecule has 6 nitrogen and oxygen atoms in total. The second-order valence-electron chi connectivity index (χ2n) is 8.51. The Morgan fingerprint density at radius 2 is 1.91 bits per heavy atom. The fraction of sp³-hybridized carbons (Fsp3) is 0.320. The lowest BCUT2D eigenvalue weighted by Crippen LogP contribution is -2.50. The van der Waals surface area contributed by atoms with Gasteiger partial charge in [-0.3, -0.25) is 9.88 Å². The van der Waals surface area contributed by atoms with Crippen LogP contribution in [0.1, 0.15) is 5.69 Å². The molecule has 7 heteroatoms. The number of fused-ring (bicyclic) bond motifs is 4. The van der Waals surface area contributed by atoms with Crippen molar-refractivity contribution in [3.05, 3.63) is 60.2 Å². The van der Waals surface area contributed by atoms with Gasteiger partial charge >= 0.3 is 0 Å². The van der Waals surface area contributed by atoms with Crippen molar-refractivity contribution in [1.29, 1.82) is 0 Å². The molecule has 0 bridgehead atoms. The van der Waals surface area contributed by atoms with E-state index in [1.165, 1.54) is 6.07 Å². The molecule has 2 aromatic carbocycles. The number of furan rings is 1. The molecular formula is C25H24FN3O3. The Hall–Kier alpha value is -3.32. The molecule has 164 valence electrons. The molecular weight excluding hydrogens is 409 g/mol. The van der Waals surface area contributed by atoms with E-state index in [9.17, 15) is 4.39 Å². The lowest BCUT2D eigenvalue weighted by molar-refractivity contribution is 0.0587. The zero-order chi connectivity index (χ0) is 21.7. The van der Waals surface area contributed by atoms with Gasteiger partial charge in [-0.05, 0) is 49.4 Å². The summed E-state index contributed by atoms with van der Waals surface area (Å²) in [6, 6.07) is 12.6. The van der Waals surface area contributed by atoms with Gasteiger partial charge in [-0.15, -0.1) is 0 Å². The van der Waals surface area contributed by atoms with Crippen LogP contribution in [0, 0.1) is 12.7 Å². The summed E-state index contributed by atoms with van der Waals surface area (Å²) in [5.74, 6) is 1.33. The Morgan fingerprint density at radius 1 is 1.03 bits per heavy atom. The Bertz CT molecular complexity index is 1300. The first-order valence-electron chi connectivity index (χ1n) is 11.0. The summed E-state index contributed by atoms with van der Waals surface area (Å²) in [7, 11) is 0. The van der Waals surface area contributed by atoms with Gasteiger partial charge < -0.3 is 18.8 Å². The van der Waals surface area contributed by atoms with Crippen LogP contribution in [-0.4, -0.2) is 55.3 Å². The Kier molecular flexibility index (Phi) is 4.64. The molecule has 2 aliphatic heterocycles. The molecule has 0 saturated carbocycles. The third-order valence-corrected chi connectivity index (χ3v) is 6.32. The van der Waals surface area contributed by atoms with Gasteiger partial charge in [-0.1, -0.05) is 0 Å². The summed E-state index contributed by atoms with van der Waals surface area (Å²) in [6.45, 7) is 6.80. The van der Waals surface area contributed by atoms with E-state index in [1.54, 1.807) is 18.4 Å². The molecule has 1 unspecified atom stereocenters. The summed E-state index contributed by atoms with van der Waals surface area (Å²) in [6.07, 6.45) is 1.69. The van der Waals surface area contributed by atoms with E-state index >= 15 is 0 Å². The van der Waals surface area contributed by atoms with Crippen molar-refractivity contribution in [2.75, 3.05) is 44.2 Å². The highest BCUT2D eigenvalue weighted by molar-refractivity contribution is 5.91. The minimum absolute atomic E-state index is 0.0372. The molecule has 32 heavy (non-hydrogen) atoms. The number of hydrogen-bond donors (Lipinski definition) is 0. The van der Waals surface area contributed by atoms with Gasteiger partial charge in [0.15, 0.2) is 11.5 Å². The highest BCUT2D eigenvalue weighted by Gasteiger charge is 2.27. The second-order valence-corrected chi connectivity index (χ2v) is 8.51. The van der Waals surface area contributed by atoms with E-state index in [2.05, 4.69) is 20.9 Å². The maximum atomic E-state index is 13.7. The predicted molar refractivity (Wildman–Crippen MR) is 121 cm³/mol. The zero-order valence-corrected chi connectivity index (χ0v) is 17.9. The van der Waals surface area contributed by atoms with Crippen molar-refractivity contribution in [3.63, 3.8) is 0 Å². The lowest BCUT2D eigenvalue weighted by atomic mass is 10.1. The van der Waals surface area contributed by atoms with E-state index in [-0.39, 0.29) is 11.9 Å². The molecule has 0 aliphatic carbocycles. The quantitative estimate of drug-likeness (QED) is 0.478. The molecule has 1 saturated heterocycles. The van der Waals surface area contributed by atoms with E-state index in [0.29, 0.717) is 12.2 Å². The number of anilines is 1. The van der Waals surface area contributed by atoms with Gasteiger partial charge in [0, 0.05) is 49.2 Å². The van der Waals surface area contributed by atoms with Crippen LogP contribution in [-0.2, 0) is 0 Å². The van der Waals surface area contributed by atoms with Crippen LogP contribution in [0.4, 0.5) is 10.1 Å². The summed E-state index contributed by atoms with van der Waals surface area (Å²) < 4.78 is 31.7. The third kappa shape index (κ3) is 3.42. The number of aryl methyl sites for hydroxylation is 1. The van der Waals surface area contributed by atoms with E-state index in [0.717, 1.165) is 71.9 Å². The molecule has 0 N–H and O–H groups in total. The Labute approximate surface area is 185 Å². The monoisotopic (exact) mass is 433 g/mol. The highest BCUT2D eigenvalue weighted by atomic mass is 19.1. The van der Waals surface area contributed by atoms with Crippen LogP contribution in [0.15, 0.2) is 53.1 Å². The lowest BCUT2D eigenvalue weighted by Gasteiger charge is -2.38. The molecule has 2 aromatic heterocycles. The number of nitrogens with zero attached hydrogens (tertiary/aromatic N) is 3. The van der Waals surface area contributed by atoms with Crippen LogP contribution in [0.25, 0.3) is 21.9 Å². The molecule has 4 heterocycles. The predicted octanol–water partition coefficient (Wildman–Crippen LogP) is 4.39. The van der Waals surface area contributed by atoms with Gasteiger partial charge in [-0.25, -0.2) is 4.39 Å². The number of aromatic nitrogens is 1. The summed E-state index contributed by atoms with van der Waals surface area (Å²) in [4.78, 5) is 9.26. The van der Waals surface area contributed by atoms with Gasteiger partial charge in [0.1, 0.15) is 30.4 Å². The largest absolute Gasteiger partial charge is 0.486 e. The molecule has 4 aromatic rings. The number of ether oxygens (including phenoxy) is 2. The maximum Gasteiger partial charge on any atom is 0.171 e. The van der Waals surface area contributed by atoms with Crippen molar-refractivity contribution in [2.24, 2.45) is 0 Å². The average molecular weight is 433 g/mol. The average Bonchev–Trinajstić information content (AvgIpc) is 3.22. The summed E-state index contributed by atoms with van der Waals surface area (Å²) >= 11 is 0. The first kappa shape index (κ1) is 19.4. The van der Waals surface area contributed by atoms with Crippen molar-refractivity contribution < 1.29 is 18.3 Å². The fourth-order valence-electron chi connectivity index (χ4n) is 4.66. The standard InChI is InChI=1S/C25H24FN3O3/c1-16-2-4-19-21(27-16)5-7-24-25(19)32-18(14-30-24)13-28-8-10-29(11-9-28)22-15-31-23-6-3-17(26)12-20(22)23/h2-7,12,15,18H,8-11,13-14H2,1H3. The first-order valence-corrected chi connectivity index (χ1v) is 11.0. The van der Waals surface area contributed by atoms with Crippen LogP contribution in [0.3, 0.4) is 0 Å². The Morgan fingerprint density at radius 3 is 2.78 bits per heavy atom. The third-order valence-electron chi connectivity index (χ3n) is 6.32. The van der Waals surface area contributed by atoms with Gasteiger partial charge in [0.2, 0.25) is 0 Å².